The van der Waals surface area contributed by atoms with Gasteiger partial charge in [-0.25, -0.2) is 9.78 Å². The fraction of sp³-hybridized carbons (Fsp3) is 0.0588. The molecule has 0 fully saturated rings. The van der Waals surface area contributed by atoms with Crippen LogP contribution in [-0.2, 0) is 0 Å². The van der Waals surface area contributed by atoms with Crippen LogP contribution in [0.5, 0.6) is 0 Å². The Morgan fingerprint density at radius 1 is 1.14 bits per heavy atom. The number of nitrogens with zero attached hydrogens (tertiary/aromatic N) is 1. The molecule has 0 aliphatic carbocycles. The average molecular weight is 308 g/mol. The Hall–Kier alpha value is -2.66. The quantitative estimate of drug-likeness (QED) is 0.603. The Morgan fingerprint density at radius 3 is 2.91 bits per heavy atom. The molecule has 0 saturated carbocycles. The molecule has 2 aromatic heterocycles. The minimum Gasteiger partial charge on any atom is -0.408 e. The number of benzene rings is 2. The molecule has 0 unspecified atom stereocenters. The molecule has 0 spiro atoms. The molecule has 0 saturated heterocycles. The maximum absolute atomic E-state index is 11.2. The van der Waals surface area contributed by atoms with Gasteiger partial charge in [0.1, 0.15) is 5.01 Å². The first kappa shape index (κ1) is 13.0. The molecule has 2 aromatic carbocycles. The Kier molecular flexibility index (Phi) is 2.94. The highest BCUT2D eigenvalue weighted by Crippen LogP contribution is 2.30. The topological polar surface area (TPSA) is 58.9 Å². The maximum Gasteiger partial charge on any atom is 0.417 e. The van der Waals surface area contributed by atoms with Gasteiger partial charge in [-0.3, -0.25) is 4.98 Å². The minimum atomic E-state index is -0.439. The third kappa shape index (κ3) is 2.25. The monoisotopic (exact) mass is 308 g/mol. The van der Waals surface area contributed by atoms with Gasteiger partial charge in [0.2, 0.25) is 0 Å². The summed E-state index contributed by atoms with van der Waals surface area (Å²) in [4.78, 5) is 18.6. The van der Waals surface area contributed by atoms with Crippen LogP contribution < -0.4 is 5.76 Å². The predicted octanol–water partition coefficient (Wildman–Crippen LogP) is 4.22. The van der Waals surface area contributed by atoms with E-state index in [1.165, 1.54) is 5.56 Å². The predicted molar refractivity (Wildman–Crippen MR) is 88.1 cm³/mol. The summed E-state index contributed by atoms with van der Waals surface area (Å²) in [5, 5.41) is 3.00. The number of aryl methyl sites for hydroxylation is 1. The van der Waals surface area contributed by atoms with Crippen molar-refractivity contribution in [1.82, 2.24) is 9.97 Å². The lowest BCUT2D eigenvalue weighted by molar-refractivity contribution is 0.555. The number of hydrogen-bond donors (Lipinski definition) is 1. The summed E-state index contributed by atoms with van der Waals surface area (Å²) >= 11 is 1.61. The van der Waals surface area contributed by atoms with Gasteiger partial charge < -0.3 is 4.42 Å². The molecule has 4 rings (SSSR count). The third-order valence-corrected chi connectivity index (χ3v) is 4.38. The normalized spacial score (nSPS) is 11.1. The van der Waals surface area contributed by atoms with E-state index in [1.807, 2.05) is 29.6 Å². The van der Waals surface area contributed by atoms with E-state index in [2.05, 4.69) is 30.1 Å². The highest BCUT2D eigenvalue weighted by molar-refractivity contribution is 7.13. The average Bonchev–Trinajstić information content (AvgIpc) is 3.11. The van der Waals surface area contributed by atoms with Crippen molar-refractivity contribution in [3.8, 4) is 21.8 Å². The molecule has 0 aliphatic rings. The van der Waals surface area contributed by atoms with E-state index in [0.717, 1.165) is 21.8 Å². The van der Waals surface area contributed by atoms with Gasteiger partial charge in [0.05, 0.1) is 11.2 Å². The van der Waals surface area contributed by atoms with E-state index in [0.29, 0.717) is 11.1 Å². The molecular formula is C17H12N2O2S. The van der Waals surface area contributed by atoms with Gasteiger partial charge in [-0.1, -0.05) is 29.8 Å². The second-order valence-corrected chi connectivity index (χ2v) is 5.99. The van der Waals surface area contributed by atoms with Crippen LogP contribution in [0.4, 0.5) is 0 Å². The number of fused-ring (bicyclic) bond motifs is 1. The molecule has 0 amide bonds. The fourth-order valence-corrected chi connectivity index (χ4v) is 3.25. The zero-order chi connectivity index (χ0) is 15.1. The highest BCUT2D eigenvalue weighted by Gasteiger charge is 2.09. The molecule has 22 heavy (non-hydrogen) atoms. The molecule has 108 valence electrons. The molecule has 0 aliphatic heterocycles. The first-order valence-corrected chi connectivity index (χ1v) is 7.73. The number of aromatic amines is 1. The van der Waals surface area contributed by atoms with E-state index in [-0.39, 0.29) is 0 Å². The van der Waals surface area contributed by atoms with Crippen LogP contribution in [0.2, 0.25) is 0 Å². The molecule has 2 heterocycles. The number of oxazole rings is 1. The molecular weight excluding hydrogens is 296 g/mol. The van der Waals surface area contributed by atoms with Crippen LogP contribution in [0.1, 0.15) is 5.56 Å². The van der Waals surface area contributed by atoms with Crippen molar-refractivity contribution in [2.75, 3.05) is 0 Å². The standard InChI is InChI=1S/C17H12N2O2S/c1-10-3-2-4-12(7-10)16-18-14(9-22-16)11-5-6-13-15(8-11)21-17(20)19-13/h2-9H,1H3,(H,19,20). The van der Waals surface area contributed by atoms with Crippen LogP contribution in [0.15, 0.2) is 57.1 Å². The number of hydrogen-bond acceptors (Lipinski definition) is 4. The van der Waals surface area contributed by atoms with Gasteiger partial charge >= 0.3 is 5.76 Å². The summed E-state index contributed by atoms with van der Waals surface area (Å²) in [6.45, 7) is 2.07. The second-order valence-electron chi connectivity index (χ2n) is 5.13. The van der Waals surface area contributed by atoms with E-state index in [9.17, 15) is 4.79 Å². The molecule has 4 aromatic rings. The Bertz CT molecular complexity index is 1030. The summed E-state index contributed by atoms with van der Waals surface area (Å²) in [5.74, 6) is -0.439. The van der Waals surface area contributed by atoms with Gasteiger partial charge in [-0.15, -0.1) is 11.3 Å². The number of H-pyrrole nitrogens is 1. The van der Waals surface area contributed by atoms with Crippen molar-refractivity contribution in [3.63, 3.8) is 0 Å². The zero-order valence-corrected chi connectivity index (χ0v) is 12.6. The van der Waals surface area contributed by atoms with Crippen molar-refractivity contribution < 1.29 is 4.42 Å². The largest absolute Gasteiger partial charge is 0.417 e. The van der Waals surface area contributed by atoms with E-state index in [1.54, 1.807) is 11.3 Å². The first-order valence-electron chi connectivity index (χ1n) is 6.85. The van der Waals surface area contributed by atoms with Gasteiger partial charge in [0, 0.05) is 16.5 Å². The SMILES string of the molecule is Cc1cccc(-c2nc(-c3ccc4[nH]c(=O)oc4c3)cs2)c1. The van der Waals surface area contributed by atoms with E-state index in [4.69, 9.17) is 9.40 Å². The van der Waals surface area contributed by atoms with Crippen LogP contribution in [0.25, 0.3) is 32.9 Å². The van der Waals surface area contributed by atoms with Crippen LogP contribution >= 0.6 is 11.3 Å². The second kappa shape index (κ2) is 4.96. The van der Waals surface area contributed by atoms with Crippen molar-refractivity contribution in [2.45, 2.75) is 6.92 Å². The number of thiazole rings is 1. The Morgan fingerprint density at radius 2 is 2.05 bits per heavy atom. The van der Waals surface area contributed by atoms with E-state index < -0.39 is 5.76 Å². The number of nitrogens with one attached hydrogen (secondary N) is 1. The molecule has 4 nitrogen and oxygen atoms in total. The van der Waals surface area contributed by atoms with E-state index >= 15 is 0 Å². The Labute approximate surface area is 130 Å². The lowest BCUT2D eigenvalue weighted by Gasteiger charge is -1.98. The number of rotatable bonds is 2. The van der Waals surface area contributed by atoms with Gasteiger partial charge in [0.25, 0.3) is 0 Å². The lowest BCUT2D eigenvalue weighted by atomic mass is 10.1. The zero-order valence-electron chi connectivity index (χ0n) is 11.8. The number of aromatic nitrogens is 2. The molecule has 5 heteroatoms. The minimum absolute atomic E-state index is 0.439. The summed E-state index contributed by atoms with van der Waals surface area (Å²) in [5.41, 5.74) is 5.39. The fourth-order valence-electron chi connectivity index (χ4n) is 2.42. The highest BCUT2D eigenvalue weighted by atomic mass is 32.1. The van der Waals surface area contributed by atoms with Crippen molar-refractivity contribution in [2.24, 2.45) is 0 Å². The molecule has 1 N–H and O–H groups in total. The molecule has 0 bridgehead atoms. The van der Waals surface area contributed by atoms with Crippen molar-refractivity contribution >= 4 is 22.4 Å². The van der Waals surface area contributed by atoms with Crippen LogP contribution in [0.3, 0.4) is 0 Å². The summed E-state index contributed by atoms with van der Waals surface area (Å²) in [6.07, 6.45) is 0. The first-order chi connectivity index (χ1) is 10.7. The summed E-state index contributed by atoms with van der Waals surface area (Å²) in [6, 6.07) is 13.9. The third-order valence-electron chi connectivity index (χ3n) is 3.49. The van der Waals surface area contributed by atoms with Crippen LogP contribution in [0, 0.1) is 6.92 Å². The summed E-state index contributed by atoms with van der Waals surface area (Å²) < 4.78 is 5.10. The van der Waals surface area contributed by atoms with Crippen LogP contribution in [-0.4, -0.2) is 9.97 Å². The van der Waals surface area contributed by atoms with Gasteiger partial charge in [-0.2, -0.15) is 0 Å². The lowest BCUT2D eigenvalue weighted by Crippen LogP contribution is -1.92. The van der Waals surface area contributed by atoms with Crippen molar-refractivity contribution in [3.05, 3.63) is 64.0 Å². The molecule has 0 radical (unpaired) electrons. The summed E-state index contributed by atoms with van der Waals surface area (Å²) in [7, 11) is 0. The smallest absolute Gasteiger partial charge is 0.408 e. The van der Waals surface area contributed by atoms with Gasteiger partial charge in [-0.05, 0) is 25.1 Å². The van der Waals surface area contributed by atoms with Gasteiger partial charge in [0.15, 0.2) is 5.58 Å². The van der Waals surface area contributed by atoms with Crippen molar-refractivity contribution in [1.29, 1.82) is 0 Å². The molecule has 0 atom stereocenters. The maximum atomic E-state index is 11.2. The Balaban J connectivity index is 1.77.